The molecule has 0 saturated carbocycles. The number of unbranched alkanes of at least 4 members (excludes halogenated alkanes) is 7. The molecule has 0 fully saturated rings. The highest BCUT2D eigenvalue weighted by Crippen LogP contribution is 2.38. The molecule has 0 aromatic rings. The fourth-order valence-corrected chi connectivity index (χ4v) is 2.44. The zero-order valence-electron chi connectivity index (χ0n) is 12.3. The normalized spacial score (nSPS) is 14.9. The van der Waals surface area contributed by atoms with E-state index in [0.717, 1.165) is 44.9 Å². The molecule has 1 heterocycles. The molecular weight excluding hydrogens is 252 g/mol. The number of rotatable bonds is 13. The molecule has 0 radical (unpaired) electrons. The predicted molar refractivity (Wildman–Crippen MR) is 79.5 cm³/mol. The summed E-state index contributed by atoms with van der Waals surface area (Å²) in [6.07, 6.45) is 17.3. The topological polar surface area (TPSA) is 62.0 Å². The van der Waals surface area contributed by atoms with Crippen LogP contribution in [-0.2, 0) is 4.79 Å². The first-order valence-electron chi connectivity index (χ1n) is 7.78. The summed E-state index contributed by atoms with van der Waals surface area (Å²) in [6, 6.07) is 0. The van der Waals surface area contributed by atoms with Crippen LogP contribution in [0, 0.1) is 12.3 Å². The third-order valence-corrected chi connectivity index (χ3v) is 3.75. The molecule has 0 aromatic heterocycles. The standard InChI is InChI=1S/C16H26N2O2/c1-2-3-10-13-16(17-18-16)14-11-8-6-4-5-7-9-12-15(19)20/h1H,3-14H2,(H,19,20). The molecule has 0 aliphatic carbocycles. The van der Waals surface area contributed by atoms with Crippen LogP contribution >= 0.6 is 0 Å². The van der Waals surface area contributed by atoms with Crippen molar-refractivity contribution in [1.29, 1.82) is 0 Å². The molecule has 1 aliphatic heterocycles. The lowest BCUT2D eigenvalue weighted by Crippen LogP contribution is -2.10. The molecule has 0 amide bonds. The van der Waals surface area contributed by atoms with Gasteiger partial charge in [-0.15, -0.1) is 12.3 Å². The summed E-state index contributed by atoms with van der Waals surface area (Å²) in [4.78, 5) is 10.3. The molecule has 0 atom stereocenters. The van der Waals surface area contributed by atoms with E-state index in [9.17, 15) is 4.79 Å². The fourth-order valence-electron chi connectivity index (χ4n) is 2.44. The minimum absolute atomic E-state index is 0.0711. The molecule has 1 rings (SSSR count). The van der Waals surface area contributed by atoms with Gasteiger partial charge in [-0.2, -0.15) is 10.2 Å². The number of hydrogen-bond donors (Lipinski definition) is 1. The van der Waals surface area contributed by atoms with Crippen LogP contribution in [-0.4, -0.2) is 16.7 Å². The molecule has 0 saturated heterocycles. The molecule has 0 aromatic carbocycles. The highest BCUT2D eigenvalue weighted by molar-refractivity contribution is 5.66. The smallest absolute Gasteiger partial charge is 0.303 e. The van der Waals surface area contributed by atoms with Crippen LogP contribution in [0.1, 0.15) is 77.0 Å². The van der Waals surface area contributed by atoms with Crippen molar-refractivity contribution in [3.63, 3.8) is 0 Å². The quantitative estimate of drug-likeness (QED) is 0.397. The van der Waals surface area contributed by atoms with Crippen molar-refractivity contribution in [2.75, 3.05) is 0 Å². The third-order valence-electron chi connectivity index (χ3n) is 3.75. The maximum absolute atomic E-state index is 10.3. The van der Waals surface area contributed by atoms with Crippen molar-refractivity contribution in [3.05, 3.63) is 0 Å². The second kappa shape index (κ2) is 9.52. The van der Waals surface area contributed by atoms with E-state index in [1.54, 1.807) is 0 Å². The van der Waals surface area contributed by atoms with Crippen molar-refractivity contribution in [3.8, 4) is 12.3 Å². The summed E-state index contributed by atoms with van der Waals surface area (Å²) < 4.78 is 0. The van der Waals surface area contributed by atoms with Gasteiger partial charge in [-0.05, 0) is 32.1 Å². The molecule has 20 heavy (non-hydrogen) atoms. The molecular formula is C16H26N2O2. The maximum Gasteiger partial charge on any atom is 0.303 e. The monoisotopic (exact) mass is 278 g/mol. The number of hydrogen-bond acceptors (Lipinski definition) is 3. The van der Waals surface area contributed by atoms with E-state index in [1.807, 2.05) is 0 Å². The summed E-state index contributed by atoms with van der Waals surface area (Å²) in [5, 5.41) is 16.9. The molecule has 0 spiro atoms. The van der Waals surface area contributed by atoms with E-state index in [-0.39, 0.29) is 5.66 Å². The average Bonchev–Trinajstić information content (AvgIpc) is 3.17. The van der Waals surface area contributed by atoms with Gasteiger partial charge in [0.15, 0.2) is 5.66 Å². The van der Waals surface area contributed by atoms with Crippen molar-refractivity contribution in [2.45, 2.75) is 82.7 Å². The fraction of sp³-hybridized carbons (Fsp3) is 0.812. The summed E-state index contributed by atoms with van der Waals surface area (Å²) >= 11 is 0. The zero-order chi connectivity index (χ0) is 14.7. The Bertz CT molecular complexity index is 352. The van der Waals surface area contributed by atoms with Gasteiger partial charge >= 0.3 is 5.97 Å². The number of nitrogens with zero attached hydrogens (tertiary/aromatic N) is 2. The third kappa shape index (κ3) is 7.93. The SMILES string of the molecule is C#CCCCC1(CCCCCCCCCC(=O)O)N=N1. The Kier molecular flexibility index (Phi) is 7.94. The Morgan fingerprint density at radius 1 is 0.950 bits per heavy atom. The molecule has 1 aliphatic rings. The van der Waals surface area contributed by atoms with Gasteiger partial charge in [0.2, 0.25) is 0 Å². The van der Waals surface area contributed by atoms with Crippen LogP contribution in [0.3, 0.4) is 0 Å². The predicted octanol–water partition coefficient (Wildman–Crippen LogP) is 4.55. The second-order valence-corrected chi connectivity index (χ2v) is 5.61. The highest BCUT2D eigenvalue weighted by Gasteiger charge is 2.38. The van der Waals surface area contributed by atoms with E-state index in [0.29, 0.717) is 6.42 Å². The van der Waals surface area contributed by atoms with Crippen LogP contribution in [0.4, 0.5) is 0 Å². The van der Waals surface area contributed by atoms with Crippen LogP contribution < -0.4 is 0 Å². The van der Waals surface area contributed by atoms with E-state index in [1.165, 1.54) is 25.7 Å². The lowest BCUT2D eigenvalue weighted by atomic mass is 9.98. The number of carboxylic acid groups (broad SMARTS) is 1. The van der Waals surface area contributed by atoms with Gasteiger partial charge < -0.3 is 5.11 Å². The number of terminal acetylenes is 1. The largest absolute Gasteiger partial charge is 0.481 e. The summed E-state index contributed by atoms with van der Waals surface area (Å²) in [7, 11) is 0. The van der Waals surface area contributed by atoms with Gasteiger partial charge in [-0.1, -0.05) is 32.1 Å². The first-order chi connectivity index (χ1) is 9.68. The van der Waals surface area contributed by atoms with Crippen molar-refractivity contribution < 1.29 is 9.90 Å². The van der Waals surface area contributed by atoms with Gasteiger partial charge in [0.05, 0.1) is 0 Å². The van der Waals surface area contributed by atoms with E-state index >= 15 is 0 Å². The molecule has 112 valence electrons. The molecule has 0 bridgehead atoms. The first-order valence-corrected chi connectivity index (χ1v) is 7.78. The minimum atomic E-state index is -0.683. The summed E-state index contributed by atoms with van der Waals surface area (Å²) in [5.41, 5.74) is -0.0711. The van der Waals surface area contributed by atoms with E-state index < -0.39 is 5.97 Å². The summed E-state index contributed by atoms with van der Waals surface area (Å²) in [6.45, 7) is 0. The average molecular weight is 278 g/mol. The number of aliphatic carboxylic acids is 1. The maximum atomic E-state index is 10.3. The van der Waals surface area contributed by atoms with Crippen LogP contribution in [0.5, 0.6) is 0 Å². The zero-order valence-corrected chi connectivity index (χ0v) is 12.3. The highest BCUT2D eigenvalue weighted by atomic mass is 16.4. The Hall–Kier alpha value is -1.37. The Morgan fingerprint density at radius 2 is 1.50 bits per heavy atom. The lowest BCUT2D eigenvalue weighted by Gasteiger charge is -2.09. The molecule has 4 heteroatoms. The van der Waals surface area contributed by atoms with Gasteiger partial charge in [0.1, 0.15) is 0 Å². The van der Waals surface area contributed by atoms with Gasteiger partial charge in [-0.25, -0.2) is 0 Å². The Balaban J connectivity index is 1.85. The summed E-state index contributed by atoms with van der Waals surface area (Å²) in [5.74, 6) is 1.97. The van der Waals surface area contributed by atoms with Crippen molar-refractivity contribution >= 4 is 5.97 Å². The van der Waals surface area contributed by atoms with Crippen molar-refractivity contribution in [2.24, 2.45) is 10.2 Å². The van der Waals surface area contributed by atoms with Gasteiger partial charge in [-0.3, -0.25) is 4.79 Å². The second-order valence-electron chi connectivity index (χ2n) is 5.61. The van der Waals surface area contributed by atoms with Gasteiger partial charge in [0.25, 0.3) is 0 Å². The Morgan fingerprint density at radius 3 is 2.05 bits per heavy atom. The van der Waals surface area contributed by atoms with Crippen molar-refractivity contribution in [1.82, 2.24) is 0 Å². The van der Waals surface area contributed by atoms with E-state index in [2.05, 4.69) is 16.1 Å². The van der Waals surface area contributed by atoms with Crippen LogP contribution in [0.2, 0.25) is 0 Å². The first kappa shape index (κ1) is 16.7. The Labute approximate surface area is 122 Å². The van der Waals surface area contributed by atoms with Gasteiger partial charge in [0, 0.05) is 12.8 Å². The van der Waals surface area contributed by atoms with E-state index in [4.69, 9.17) is 11.5 Å². The number of carboxylic acids is 1. The number of carbonyl (C=O) groups is 1. The minimum Gasteiger partial charge on any atom is -0.481 e. The van der Waals surface area contributed by atoms with Crippen LogP contribution in [0.15, 0.2) is 10.2 Å². The van der Waals surface area contributed by atoms with Crippen LogP contribution in [0.25, 0.3) is 0 Å². The molecule has 1 N–H and O–H groups in total. The molecule has 0 unspecified atom stereocenters. The molecule has 4 nitrogen and oxygen atoms in total. The lowest BCUT2D eigenvalue weighted by molar-refractivity contribution is -0.137.